The summed E-state index contributed by atoms with van der Waals surface area (Å²) in [5, 5.41) is 0. The van der Waals surface area contributed by atoms with Gasteiger partial charge in [-0.2, -0.15) is 0 Å². The third-order valence-corrected chi connectivity index (χ3v) is 3.66. The van der Waals surface area contributed by atoms with Crippen molar-refractivity contribution < 1.29 is 9.53 Å². The van der Waals surface area contributed by atoms with Gasteiger partial charge < -0.3 is 15.4 Å². The molecule has 1 amide bonds. The second-order valence-corrected chi connectivity index (χ2v) is 5.15. The Hall–Kier alpha value is -1.55. The summed E-state index contributed by atoms with van der Waals surface area (Å²) in [5.74, 6) is 0.532. The predicted octanol–water partition coefficient (Wildman–Crippen LogP) is 2.08. The van der Waals surface area contributed by atoms with Crippen LogP contribution in [-0.2, 0) is 4.74 Å². The molecule has 1 atom stereocenters. The number of hydrogen-bond donors (Lipinski definition) is 1. The normalized spacial score (nSPS) is 18.5. The molecule has 1 fully saturated rings. The number of aryl methyl sites for hydroxylation is 1. The van der Waals surface area contributed by atoms with Crippen LogP contribution in [0, 0.1) is 12.8 Å². The summed E-state index contributed by atoms with van der Waals surface area (Å²) in [6, 6.07) is 5.49. The number of nitrogens with two attached hydrogens (primary N) is 1. The van der Waals surface area contributed by atoms with E-state index >= 15 is 0 Å². The third kappa shape index (κ3) is 3.26. The van der Waals surface area contributed by atoms with Gasteiger partial charge in [-0.15, -0.1) is 0 Å². The van der Waals surface area contributed by atoms with Crippen molar-refractivity contribution in [2.45, 2.75) is 20.3 Å². The Morgan fingerprint density at radius 3 is 2.95 bits per heavy atom. The molecule has 2 N–H and O–H groups in total. The number of carbonyl (C=O) groups is 1. The zero-order valence-electron chi connectivity index (χ0n) is 11.7. The van der Waals surface area contributed by atoms with Crippen molar-refractivity contribution in [3.8, 4) is 0 Å². The molecule has 1 unspecified atom stereocenters. The van der Waals surface area contributed by atoms with Crippen LogP contribution in [0.5, 0.6) is 0 Å². The van der Waals surface area contributed by atoms with Gasteiger partial charge in [-0.25, -0.2) is 0 Å². The van der Waals surface area contributed by atoms with Crippen LogP contribution in [0.4, 0.5) is 5.69 Å². The van der Waals surface area contributed by atoms with Crippen LogP contribution in [0.15, 0.2) is 18.2 Å². The summed E-state index contributed by atoms with van der Waals surface area (Å²) in [6.45, 7) is 7.01. The van der Waals surface area contributed by atoms with Gasteiger partial charge in [-0.1, -0.05) is 6.07 Å². The topological polar surface area (TPSA) is 55.6 Å². The molecule has 0 aliphatic carbocycles. The highest BCUT2D eigenvalue weighted by Crippen LogP contribution is 2.18. The maximum Gasteiger partial charge on any atom is 0.254 e. The first kappa shape index (κ1) is 13.9. The first-order valence-corrected chi connectivity index (χ1v) is 6.85. The molecule has 0 bridgehead atoms. The Morgan fingerprint density at radius 2 is 2.32 bits per heavy atom. The van der Waals surface area contributed by atoms with Gasteiger partial charge in [0.1, 0.15) is 0 Å². The first-order valence-electron chi connectivity index (χ1n) is 6.85. The molecule has 1 aromatic rings. The second kappa shape index (κ2) is 6.06. The van der Waals surface area contributed by atoms with Crippen LogP contribution in [0.3, 0.4) is 0 Å². The molecule has 4 nitrogen and oxygen atoms in total. The van der Waals surface area contributed by atoms with E-state index in [1.54, 1.807) is 6.07 Å². The highest BCUT2D eigenvalue weighted by molar-refractivity contribution is 5.96. The van der Waals surface area contributed by atoms with Gasteiger partial charge in [0.2, 0.25) is 0 Å². The van der Waals surface area contributed by atoms with Gasteiger partial charge in [0.05, 0.1) is 6.61 Å². The number of rotatable bonds is 4. The molecule has 0 aromatic heterocycles. The number of benzene rings is 1. The van der Waals surface area contributed by atoms with E-state index in [1.165, 1.54) is 0 Å². The van der Waals surface area contributed by atoms with Crippen LogP contribution in [0.25, 0.3) is 0 Å². The van der Waals surface area contributed by atoms with Crippen molar-refractivity contribution in [2.75, 3.05) is 32.0 Å². The number of nitrogens with zero attached hydrogens (tertiary/aromatic N) is 1. The Labute approximate surface area is 114 Å². The first-order chi connectivity index (χ1) is 9.11. The van der Waals surface area contributed by atoms with Crippen LogP contribution in [0.2, 0.25) is 0 Å². The van der Waals surface area contributed by atoms with Gasteiger partial charge in [-0.05, 0) is 38.0 Å². The van der Waals surface area contributed by atoms with E-state index in [2.05, 4.69) is 0 Å². The van der Waals surface area contributed by atoms with Gasteiger partial charge in [0, 0.05) is 36.9 Å². The number of ether oxygens (including phenoxy) is 1. The summed E-state index contributed by atoms with van der Waals surface area (Å²) in [6.07, 6.45) is 1.04. The van der Waals surface area contributed by atoms with Crippen LogP contribution >= 0.6 is 0 Å². The summed E-state index contributed by atoms with van der Waals surface area (Å²) < 4.78 is 5.37. The molecule has 2 rings (SSSR count). The van der Waals surface area contributed by atoms with Gasteiger partial charge in [0.15, 0.2) is 0 Å². The molecule has 4 heteroatoms. The molecule has 104 valence electrons. The minimum Gasteiger partial charge on any atom is -0.399 e. The van der Waals surface area contributed by atoms with E-state index < -0.39 is 0 Å². The highest BCUT2D eigenvalue weighted by atomic mass is 16.5. The van der Waals surface area contributed by atoms with Crippen molar-refractivity contribution >= 4 is 11.6 Å². The lowest BCUT2D eigenvalue weighted by Gasteiger charge is -2.24. The van der Waals surface area contributed by atoms with Crippen LogP contribution < -0.4 is 5.73 Å². The minimum absolute atomic E-state index is 0.0687. The quantitative estimate of drug-likeness (QED) is 0.845. The predicted molar refractivity (Wildman–Crippen MR) is 76.1 cm³/mol. The molecule has 0 spiro atoms. The Kier molecular flexibility index (Phi) is 4.43. The number of carbonyl (C=O) groups excluding carboxylic acids is 1. The van der Waals surface area contributed by atoms with Crippen LogP contribution in [0.1, 0.15) is 29.3 Å². The molecular weight excluding hydrogens is 240 g/mol. The standard InChI is InChI=1S/C15H22N2O2/c1-3-17(9-12-6-7-19-10-12)15(18)14-8-13(16)5-4-11(14)2/h4-5,8,12H,3,6-7,9-10,16H2,1-2H3. The average Bonchev–Trinajstić information content (AvgIpc) is 2.91. The zero-order valence-corrected chi connectivity index (χ0v) is 11.7. The van der Waals surface area contributed by atoms with Crippen molar-refractivity contribution in [2.24, 2.45) is 5.92 Å². The summed E-state index contributed by atoms with van der Waals surface area (Å²) >= 11 is 0. The van der Waals surface area contributed by atoms with E-state index in [0.29, 0.717) is 23.7 Å². The fourth-order valence-corrected chi connectivity index (χ4v) is 2.43. The molecule has 1 aliphatic rings. The summed E-state index contributed by atoms with van der Waals surface area (Å²) in [4.78, 5) is 14.5. The number of anilines is 1. The Morgan fingerprint density at radius 1 is 1.53 bits per heavy atom. The SMILES string of the molecule is CCN(CC1CCOC1)C(=O)c1cc(N)ccc1C. The highest BCUT2D eigenvalue weighted by Gasteiger charge is 2.23. The van der Waals surface area contributed by atoms with Crippen molar-refractivity contribution in [3.63, 3.8) is 0 Å². The minimum atomic E-state index is 0.0687. The second-order valence-electron chi connectivity index (χ2n) is 5.15. The summed E-state index contributed by atoms with van der Waals surface area (Å²) in [5.41, 5.74) is 8.09. The molecule has 1 saturated heterocycles. The molecule has 1 aromatic carbocycles. The summed E-state index contributed by atoms with van der Waals surface area (Å²) in [7, 11) is 0. The fraction of sp³-hybridized carbons (Fsp3) is 0.533. The van der Waals surface area contributed by atoms with E-state index in [0.717, 1.165) is 31.7 Å². The van der Waals surface area contributed by atoms with E-state index in [-0.39, 0.29) is 5.91 Å². The lowest BCUT2D eigenvalue weighted by Crippen LogP contribution is -2.35. The van der Waals surface area contributed by atoms with E-state index in [9.17, 15) is 4.79 Å². The number of amides is 1. The maximum absolute atomic E-state index is 12.6. The lowest BCUT2D eigenvalue weighted by atomic mass is 10.0. The lowest BCUT2D eigenvalue weighted by molar-refractivity contribution is 0.0730. The Balaban J connectivity index is 2.12. The third-order valence-electron chi connectivity index (χ3n) is 3.66. The van der Waals surface area contributed by atoms with Gasteiger partial charge in [-0.3, -0.25) is 4.79 Å². The number of nitrogen functional groups attached to an aromatic ring is 1. The van der Waals surface area contributed by atoms with Gasteiger partial charge in [0.25, 0.3) is 5.91 Å². The average molecular weight is 262 g/mol. The van der Waals surface area contributed by atoms with Crippen LogP contribution in [-0.4, -0.2) is 37.1 Å². The Bertz CT molecular complexity index is 453. The number of hydrogen-bond acceptors (Lipinski definition) is 3. The van der Waals surface area contributed by atoms with Gasteiger partial charge >= 0.3 is 0 Å². The van der Waals surface area contributed by atoms with Crippen molar-refractivity contribution in [1.82, 2.24) is 4.90 Å². The molecule has 1 aliphatic heterocycles. The monoisotopic (exact) mass is 262 g/mol. The molecular formula is C15H22N2O2. The zero-order chi connectivity index (χ0) is 13.8. The van der Waals surface area contributed by atoms with Crippen molar-refractivity contribution in [1.29, 1.82) is 0 Å². The molecule has 1 heterocycles. The van der Waals surface area contributed by atoms with E-state index in [1.807, 2.05) is 30.9 Å². The smallest absolute Gasteiger partial charge is 0.254 e. The van der Waals surface area contributed by atoms with Crippen molar-refractivity contribution in [3.05, 3.63) is 29.3 Å². The largest absolute Gasteiger partial charge is 0.399 e. The molecule has 0 saturated carbocycles. The molecule has 19 heavy (non-hydrogen) atoms. The molecule has 0 radical (unpaired) electrons. The van der Waals surface area contributed by atoms with E-state index in [4.69, 9.17) is 10.5 Å². The fourth-order valence-electron chi connectivity index (χ4n) is 2.43. The maximum atomic E-state index is 12.6.